The molecule has 2 heterocycles. The highest BCUT2D eigenvalue weighted by Crippen LogP contribution is 2.35. The summed E-state index contributed by atoms with van der Waals surface area (Å²) in [4.78, 5) is 18.1. The molecule has 5 rings (SSSR count). The van der Waals surface area contributed by atoms with Crippen molar-refractivity contribution in [2.24, 2.45) is 0 Å². The van der Waals surface area contributed by atoms with Crippen LogP contribution in [0.25, 0.3) is 11.1 Å². The Bertz CT molecular complexity index is 1050. The summed E-state index contributed by atoms with van der Waals surface area (Å²) in [6.45, 7) is 0. The van der Waals surface area contributed by atoms with Crippen LogP contribution in [0.15, 0.2) is 85.3 Å². The molecule has 1 atom stereocenters. The number of hydrazine groups is 1. The molecule has 138 valence electrons. The zero-order valence-electron chi connectivity index (χ0n) is 15.1. The summed E-state index contributed by atoms with van der Waals surface area (Å²) in [5, 5.41) is 5.18. The van der Waals surface area contributed by atoms with Gasteiger partial charge < -0.3 is 10.2 Å². The molecule has 0 bridgehead atoms. The van der Waals surface area contributed by atoms with Crippen LogP contribution < -0.4 is 15.9 Å². The Balaban J connectivity index is 1.36. The van der Waals surface area contributed by atoms with Gasteiger partial charge >= 0.3 is 0 Å². The fourth-order valence-corrected chi connectivity index (χ4v) is 3.75. The van der Waals surface area contributed by atoms with Crippen molar-refractivity contribution in [1.29, 1.82) is 0 Å². The lowest BCUT2D eigenvalue weighted by molar-refractivity contribution is 0.0971. The third-order valence-electron chi connectivity index (χ3n) is 5.17. The summed E-state index contributed by atoms with van der Waals surface area (Å²) < 4.78 is 0. The zero-order valence-corrected chi connectivity index (χ0v) is 15.1. The van der Waals surface area contributed by atoms with E-state index in [-0.39, 0.29) is 11.8 Å². The van der Waals surface area contributed by atoms with E-state index in [2.05, 4.69) is 23.0 Å². The monoisotopic (exact) mass is 369 g/mol. The van der Waals surface area contributed by atoms with Crippen molar-refractivity contribution < 1.29 is 9.63 Å². The Morgan fingerprint density at radius 2 is 1.71 bits per heavy atom. The maximum absolute atomic E-state index is 13.1. The topological polar surface area (TPSA) is 53.6 Å². The summed E-state index contributed by atoms with van der Waals surface area (Å²) in [6.07, 6.45) is 4.03. The molecule has 0 aromatic heterocycles. The Hall–Kier alpha value is -3.57. The van der Waals surface area contributed by atoms with Gasteiger partial charge in [0.25, 0.3) is 0 Å². The van der Waals surface area contributed by atoms with E-state index in [1.807, 2.05) is 71.9 Å². The number of carbonyl (C=O) groups is 1. The molecule has 0 aliphatic carbocycles. The van der Waals surface area contributed by atoms with Crippen LogP contribution in [0.2, 0.25) is 0 Å². The molecule has 5 heteroatoms. The van der Waals surface area contributed by atoms with Gasteiger partial charge in [0.15, 0.2) is 5.78 Å². The van der Waals surface area contributed by atoms with Crippen LogP contribution in [0, 0.1) is 0 Å². The second-order valence-corrected chi connectivity index (χ2v) is 6.88. The van der Waals surface area contributed by atoms with Crippen LogP contribution in [-0.4, -0.2) is 11.8 Å². The van der Waals surface area contributed by atoms with Crippen LogP contribution in [-0.2, 0) is 11.3 Å². The van der Waals surface area contributed by atoms with Crippen molar-refractivity contribution in [3.05, 3.63) is 96.4 Å². The van der Waals surface area contributed by atoms with Crippen LogP contribution in [0.1, 0.15) is 15.9 Å². The number of nitrogens with one attached hydrogen (secondary N) is 2. The van der Waals surface area contributed by atoms with Crippen LogP contribution in [0.4, 0.5) is 11.4 Å². The van der Waals surface area contributed by atoms with E-state index in [1.165, 1.54) is 0 Å². The van der Waals surface area contributed by atoms with Gasteiger partial charge in [-0.1, -0.05) is 66.3 Å². The summed E-state index contributed by atoms with van der Waals surface area (Å²) in [5.41, 5.74) is 8.84. The Labute approximate surface area is 163 Å². The van der Waals surface area contributed by atoms with E-state index in [4.69, 9.17) is 4.84 Å². The highest BCUT2D eigenvalue weighted by Gasteiger charge is 2.30. The lowest BCUT2D eigenvalue weighted by Crippen LogP contribution is -2.28. The molecule has 2 aliphatic heterocycles. The number of hydrogen-bond donors (Lipinski definition) is 2. The van der Waals surface area contributed by atoms with Gasteiger partial charge in [-0.25, -0.2) is 5.01 Å². The first-order chi connectivity index (χ1) is 13.8. The van der Waals surface area contributed by atoms with Gasteiger partial charge in [0, 0.05) is 23.2 Å². The number of Topliss-reactive ketones (excluding diaryl/α,β-unsaturated/α-hetero) is 1. The highest BCUT2D eigenvalue weighted by molar-refractivity contribution is 6.03. The molecule has 3 aromatic carbocycles. The Morgan fingerprint density at radius 1 is 0.929 bits per heavy atom. The zero-order chi connectivity index (χ0) is 18.9. The summed E-state index contributed by atoms with van der Waals surface area (Å²) in [7, 11) is 0. The number of rotatable bonds is 4. The molecule has 0 saturated carbocycles. The predicted octanol–water partition coefficient (Wildman–Crippen LogP) is 4.30. The van der Waals surface area contributed by atoms with Gasteiger partial charge in [-0.15, -0.1) is 0 Å². The SMILES string of the molecule is O=C(c1ccc(-c2ccccc2)cc1)C1Cc2c(cccc2N2C=CON2)N1. The van der Waals surface area contributed by atoms with E-state index in [1.54, 1.807) is 6.26 Å². The van der Waals surface area contributed by atoms with E-state index >= 15 is 0 Å². The normalized spacial score (nSPS) is 17.1. The van der Waals surface area contributed by atoms with Gasteiger partial charge in [0.1, 0.15) is 6.26 Å². The quantitative estimate of drug-likeness (QED) is 0.672. The number of ketones is 1. The number of fused-ring (bicyclic) bond motifs is 1. The molecule has 1 unspecified atom stereocenters. The fraction of sp³-hybridized carbons (Fsp3) is 0.0870. The first-order valence-corrected chi connectivity index (χ1v) is 9.25. The van der Waals surface area contributed by atoms with Gasteiger partial charge in [-0.05, 0) is 23.3 Å². The van der Waals surface area contributed by atoms with Crippen molar-refractivity contribution in [3.63, 3.8) is 0 Å². The van der Waals surface area contributed by atoms with Crippen LogP contribution in [0.3, 0.4) is 0 Å². The van der Waals surface area contributed by atoms with E-state index < -0.39 is 0 Å². The van der Waals surface area contributed by atoms with Crippen molar-refractivity contribution >= 4 is 17.2 Å². The first-order valence-electron chi connectivity index (χ1n) is 9.25. The van der Waals surface area contributed by atoms with Crippen LogP contribution in [0.5, 0.6) is 0 Å². The van der Waals surface area contributed by atoms with Crippen molar-refractivity contribution in [1.82, 2.24) is 5.59 Å². The maximum atomic E-state index is 13.1. The predicted molar refractivity (Wildman–Crippen MR) is 110 cm³/mol. The molecule has 0 spiro atoms. The van der Waals surface area contributed by atoms with E-state index in [9.17, 15) is 4.79 Å². The molecule has 2 aliphatic rings. The average molecular weight is 369 g/mol. The minimum atomic E-state index is -0.272. The van der Waals surface area contributed by atoms with Crippen molar-refractivity contribution in [2.45, 2.75) is 12.5 Å². The molecule has 0 saturated heterocycles. The lowest BCUT2D eigenvalue weighted by Gasteiger charge is -2.17. The summed E-state index contributed by atoms with van der Waals surface area (Å²) in [5.74, 6) is 0.0999. The standard InChI is InChI=1S/C23H19N3O2/c27-23(18-11-9-17(10-12-18)16-5-2-1-3-6-16)21-15-19-20(24-21)7-4-8-22(19)26-13-14-28-25-26/h1-14,21,24-25H,15H2. The number of carbonyl (C=O) groups excluding carboxylic acids is 1. The lowest BCUT2D eigenvalue weighted by atomic mass is 9.98. The molecule has 5 nitrogen and oxygen atoms in total. The second kappa shape index (κ2) is 6.87. The fourth-order valence-electron chi connectivity index (χ4n) is 3.75. The molecule has 0 fully saturated rings. The van der Waals surface area contributed by atoms with Crippen LogP contribution >= 0.6 is 0 Å². The number of anilines is 2. The number of nitrogens with zero attached hydrogens (tertiary/aromatic N) is 1. The summed E-state index contributed by atoms with van der Waals surface area (Å²) >= 11 is 0. The van der Waals surface area contributed by atoms with Gasteiger partial charge in [-0.3, -0.25) is 4.79 Å². The van der Waals surface area contributed by atoms with Crippen molar-refractivity contribution in [2.75, 3.05) is 10.3 Å². The summed E-state index contributed by atoms with van der Waals surface area (Å²) in [6, 6.07) is 23.7. The van der Waals surface area contributed by atoms with Gasteiger partial charge in [0.05, 0.1) is 17.9 Å². The number of hydrogen-bond acceptors (Lipinski definition) is 5. The van der Waals surface area contributed by atoms with E-state index in [0.717, 1.165) is 28.1 Å². The molecule has 0 amide bonds. The third-order valence-corrected chi connectivity index (χ3v) is 5.17. The Morgan fingerprint density at radius 3 is 2.46 bits per heavy atom. The minimum Gasteiger partial charge on any atom is -0.395 e. The number of benzene rings is 3. The maximum Gasteiger partial charge on any atom is 0.185 e. The highest BCUT2D eigenvalue weighted by atomic mass is 16.7. The first kappa shape index (κ1) is 16.6. The molecular formula is C23H19N3O2. The Kier molecular flexibility index (Phi) is 4.07. The van der Waals surface area contributed by atoms with Gasteiger partial charge in [-0.2, -0.15) is 0 Å². The largest absolute Gasteiger partial charge is 0.395 e. The van der Waals surface area contributed by atoms with Crippen molar-refractivity contribution in [3.8, 4) is 11.1 Å². The molecule has 3 aromatic rings. The smallest absolute Gasteiger partial charge is 0.185 e. The molecular weight excluding hydrogens is 350 g/mol. The van der Waals surface area contributed by atoms with E-state index in [0.29, 0.717) is 12.0 Å². The van der Waals surface area contributed by atoms with Gasteiger partial charge in [0.2, 0.25) is 0 Å². The molecule has 28 heavy (non-hydrogen) atoms. The molecule has 2 N–H and O–H groups in total. The minimum absolute atomic E-state index is 0.0999. The second-order valence-electron chi connectivity index (χ2n) is 6.88. The average Bonchev–Trinajstić information content (AvgIpc) is 3.44. The molecule has 0 radical (unpaired) electrons. The third kappa shape index (κ3) is 2.92.